The Balaban J connectivity index is 1.73. The van der Waals surface area contributed by atoms with Crippen LogP contribution in [0.5, 0.6) is 0 Å². The monoisotopic (exact) mass is 369 g/mol. The first kappa shape index (κ1) is 19.1. The standard InChI is InChI=1S/C20H27N5O2/c1-13(2)18(21-14(3)26)20(27)22-16-10-8-15(9-11-16)19-24-23-17-7-5-4-6-12-25(17)19/h8-11,13,18H,4-7,12H2,1-3H3,(H,21,26)(H,22,27)/t18-/m1/s1. The van der Waals surface area contributed by atoms with Crippen LogP contribution in [0.4, 0.5) is 5.69 Å². The molecule has 0 saturated heterocycles. The highest BCUT2D eigenvalue weighted by Gasteiger charge is 2.23. The van der Waals surface area contributed by atoms with Crippen molar-refractivity contribution in [1.82, 2.24) is 20.1 Å². The van der Waals surface area contributed by atoms with Crippen LogP contribution in [0.2, 0.25) is 0 Å². The molecule has 0 saturated carbocycles. The van der Waals surface area contributed by atoms with E-state index in [1.54, 1.807) is 0 Å². The maximum Gasteiger partial charge on any atom is 0.247 e. The number of benzene rings is 1. The summed E-state index contributed by atoms with van der Waals surface area (Å²) in [7, 11) is 0. The SMILES string of the molecule is CC(=O)N[C@@H](C(=O)Nc1ccc(-c2nnc3n2CCCCC3)cc1)C(C)C. The Morgan fingerprint density at radius 3 is 2.48 bits per heavy atom. The summed E-state index contributed by atoms with van der Waals surface area (Å²) in [6.07, 6.45) is 4.50. The van der Waals surface area contributed by atoms with Crippen LogP contribution in [-0.2, 0) is 22.6 Å². The van der Waals surface area contributed by atoms with Gasteiger partial charge in [0.25, 0.3) is 0 Å². The summed E-state index contributed by atoms with van der Waals surface area (Å²) in [6.45, 7) is 6.17. The van der Waals surface area contributed by atoms with Crippen molar-refractivity contribution < 1.29 is 9.59 Å². The van der Waals surface area contributed by atoms with E-state index in [-0.39, 0.29) is 17.7 Å². The van der Waals surface area contributed by atoms with Gasteiger partial charge in [-0.15, -0.1) is 10.2 Å². The summed E-state index contributed by atoms with van der Waals surface area (Å²) in [5.74, 6) is 1.49. The van der Waals surface area contributed by atoms with Crippen LogP contribution in [0.1, 0.15) is 45.9 Å². The number of aromatic nitrogens is 3. The lowest BCUT2D eigenvalue weighted by Gasteiger charge is -2.21. The van der Waals surface area contributed by atoms with Gasteiger partial charge in [-0.2, -0.15) is 0 Å². The first-order valence-electron chi connectivity index (χ1n) is 9.56. The molecule has 1 aliphatic rings. The van der Waals surface area contributed by atoms with Gasteiger partial charge in [0.15, 0.2) is 5.82 Å². The van der Waals surface area contributed by atoms with E-state index >= 15 is 0 Å². The van der Waals surface area contributed by atoms with Crippen molar-refractivity contribution in [2.45, 2.75) is 59.0 Å². The molecule has 7 heteroatoms. The third kappa shape index (κ3) is 4.53. The highest BCUT2D eigenvalue weighted by molar-refractivity contribution is 5.97. The lowest BCUT2D eigenvalue weighted by Crippen LogP contribution is -2.46. The topological polar surface area (TPSA) is 88.9 Å². The molecule has 3 rings (SSSR count). The van der Waals surface area contributed by atoms with Crippen molar-refractivity contribution in [3.8, 4) is 11.4 Å². The minimum atomic E-state index is -0.561. The molecule has 0 fully saturated rings. The van der Waals surface area contributed by atoms with E-state index in [0.717, 1.165) is 43.0 Å². The number of nitrogens with zero attached hydrogens (tertiary/aromatic N) is 3. The average Bonchev–Trinajstić information content (AvgIpc) is 2.88. The van der Waals surface area contributed by atoms with E-state index in [4.69, 9.17) is 0 Å². The smallest absolute Gasteiger partial charge is 0.247 e. The number of fused-ring (bicyclic) bond motifs is 1. The second-order valence-electron chi connectivity index (χ2n) is 7.39. The molecular formula is C20H27N5O2. The predicted octanol–water partition coefficient (Wildman–Crippen LogP) is 2.77. The summed E-state index contributed by atoms with van der Waals surface area (Å²) in [5.41, 5.74) is 1.67. The molecule has 0 spiro atoms. The minimum absolute atomic E-state index is 0.000348. The Morgan fingerprint density at radius 1 is 1.07 bits per heavy atom. The van der Waals surface area contributed by atoms with Crippen molar-refractivity contribution in [3.63, 3.8) is 0 Å². The average molecular weight is 369 g/mol. The van der Waals surface area contributed by atoms with Crippen molar-refractivity contribution >= 4 is 17.5 Å². The molecular weight excluding hydrogens is 342 g/mol. The van der Waals surface area contributed by atoms with Gasteiger partial charge >= 0.3 is 0 Å². The molecule has 0 aliphatic carbocycles. The first-order chi connectivity index (χ1) is 13.0. The van der Waals surface area contributed by atoms with Gasteiger partial charge in [-0.05, 0) is 43.0 Å². The predicted molar refractivity (Wildman–Crippen MR) is 104 cm³/mol. The van der Waals surface area contributed by atoms with Gasteiger partial charge in [-0.25, -0.2) is 0 Å². The van der Waals surface area contributed by atoms with Gasteiger partial charge in [0.1, 0.15) is 11.9 Å². The maximum absolute atomic E-state index is 12.5. The number of carbonyl (C=O) groups is 2. The van der Waals surface area contributed by atoms with Crippen LogP contribution in [0.15, 0.2) is 24.3 Å². The maximum atomic E-state index is 12.5. The Labute approximate surface area is 159 Å². The number of amides is 2. The van der Waals surface area contributed by atoms with Gasteiger partial charge in [0.05, 0.1) is 0 Å². The number of nitrogens with one attached hydrogen (secondary N) is 2. The zero-order valence-electron chi connectivity index (χ0n) is 16.2. The Hall–Kier alpha value is -2.70. The summed E-state index contributed by atoms with van der Waals surface area (Å²) in [6, 6.07) is 7.05. The zero-order valence-corrected chi connectivity index (χ0v) is 16.2. The molecule has 144 valence electrons. The lowest BCUT2D eigenvalue weighted by molar-refractivity contribution is -0.126. The van der Waals surface area contributed by atoms with Crippen LogP contribution >= 0.6 is 0 Å². The molecule has 0 unspecified atom stereocenters. The molecule has 1 aliphatic heterocycles. The van der Waals surface area contributed by atoms with Crippen LogP contribution in [0.3, 0.4) is 0 Å². The van der Waals surface area contributed by atoms with Crippen LogP contribution in [0, 0.1) is 5.92 Å². The van der Waals surface area contributed by atoms with E-state index in [2.05, 4.69) is 25.4 Å². The fourth-order valence-electron chi connectivity index (χ4n) is 3.38. The van der Waals surface area contributed by atoms with E-state index in [9.17, 15) is 9.59 Å². The van der Waals surface area contributed by atoms with E-state index < -0.39 is 6.04 Å². The molecule has 1 aromatic carbocycles. The van der Waals surface area contributed by atoms with Crippen molar-refractivity contribution in [2.24, 2.45) is 5.92 Å². The van der Waals surface area contributed by atoms with Gasteiger partial charge < -0.3 is 15.2 Å². The molecule has 0 bridgehead atoms. The molecule has 2 aromatic rings. The van der Waals surface area contributed by atoms with Gasteiger partial charge in [0, 0.05) is 31.1 Å². The lowest BCUT2D eigenvalue weighted by atomic mass is 10.0. The molecule has 1 aromatic heterocycles. The Bertz CT molecular complexity index is 810. The fraction of sp³-hybridized carbons (Fsp3) is 0.500. The molecule has 1 atom stereocenters. The molecule has 2 N–H and O–H groups in total. The molecule has 2 amide bonds. The largest absolute Gasteiger partial charge is 0.344 e. The summed E-state index contributed by atoms with van der Waals surface area (Å²) in [4.78, 5) is 23.8. The molecule has 2 heterocycles. The summed E-state index contributed by atoms with van der Waals surface area (Å²) in [5, 5.41) is 14.3. The van der Waals surface area contributed by atoms with Gasteiger partial charge in [-0.1, -0.05) is 20.3 Å². The Morgan fingerprint density at radius 2 is 1.81 bits per heavy atom. The van der Waals surface area contributed by atoms with Crippen LogP contribution < -0.4 is 10.6 Å². The second-order valence-corrected chi connectivity index (χ2v) is 7.39. The number of anilines is 1. The van der Waals surface area contributed by atoms with Crippen molar-refractivity contribution in [1.29, 1.82) is 0 Å². The first-order valence-corrected chi connectivity index (χ1v) is 9.56. The summed E-state index contributed by atoms with van der Waals surface area (Å²) >= 11 is 0. The molecule has 0 radical (unpaired) electrons. The highest BCUT2D eigenvalue weighted by Crippen LogP contribution is 2.24. The van der Waals surface area contributed by atoms with Crippen LogP contribution in [-0.4, -0.2) is 32.6 Å². The normalized spacial score (nSPS) is 15.0. The number of hydrogen-bond acceptors (Lipinski definition) is 4. The second kappa shape index (κ2) is 8.33. The highest BCUT2D eigenvalue weighted by atomic mass is 16.2. The van der Waals surface area contributed by atoms with Crippen LogP contribution in [0.25, 0.3) is 11.4 Å². The van der Waals surface area contributed by atoms with Gasteiger partial charge in [-0.3, -0.25) is 9.59 Å². The fourth-order valence-corrected chi connectivity index (χ4v) is 3.38. The molecule has 27 heavy (non-hydrogen) atoms. The number of carbonyl (C=O) groups excluding carboxylic acids is 2. The van der Waals surface area contributed by atoms with Gasteiger partial charge in [0.2, 0.25) is 11.8 Å². The van der Waals surface area contributed by atoms with Crippen molar-refractivity contribution in [2.75, 3.05) is 5.32 Å². The molecule has 7 nitrogen and oxygen atoms in total. The third-order valence-corrected chi connectivity index (χ3v) is 4.83. The van der Waals surface area contributed by atoms with E-state index in [1.807, 2.05) is 38.1 Å². The minimum Gasteiger partial charge on any atom is -0.344 e. The van der Waals surface area contributed by atoms with E-state index in [1.165, 1.54) is 13.3 Å². The van der Waals surface area contributed by atoms with Crippen molar-refractivity contribution in [3.05, 3.63) is 30.1 Å². The summed E-state index contributed by atoms with van der Waals surface area (Å²) < 4.78 is 2.20. The zero-order chi connectivity index (χ0) is 19.4. The number of hydrogen-bond donors (Lipinski definition) is 2. The Kier molecular flexibility index (Phi) is 5.88. The van der Waals surface area contributed by atoms with E-state index in [0.29, 0.717) is 5.69 Å². The number of aryl methyl sites for hydroxylation is 1. The number of rotatable bonds is 5. The third-order valence-electron chi connectivity index (χ3n) is 4.83. The quantitative estimate of drug-likeness (QED) is 0.848.